The minimum Gasteiger partial charge on any atom is -0.340 e. The number of piperidine rings is 1. The molecule has 1 unspecified atom stereocenters. The second-order valence-electron chi connectivity index (χ2n) is 4.84. The molecule has 0 amide bonds. The van der Waals surface area contributed by atoms with E-state index in [9.17, 15) is 0 Å². The number of rotatable bonds is 3. The predicted octanol–water partition coefficient (Wildman–Crippen LogP) is 1.52. The van der Waals surface area contributed by atoms with Gasteiger partial charge in [-0.25, -0.2) is 9.97 Å². The second kappa shape index (κ2) is 5.45. The average molecular weight is 234 g/mol. The minimum atomic E-state index is 0.596. The van der Waals surface area contributed by atoms with E-state index in [1.54, 1.807) is 0 Å². The van der Waals surface area contributed by atoms with Crippen LogP contribution < -0.4 is 10.6 Å². The molecule has 2 heterocycles. The second-order valence-corrected chi connectivity index (χ2v) is 4.84. The quantitative estimate of drug-likeness (QED) is 0.861. The van der Waals surface area contributed by atoms with Crippen LogP contribution in [0.4, 0.5) is 5.95 Å². The highest BCUT2D eigenvalue weighted by atomic mass is 15.3. The van der Waals surface area contributed by atoms with Crippen molar-refractivity contribution in [2.24, 2.45) is 11.7 Å². The van der Waals surface area contributed by atoms with Gasteiger partial charge in [-0.15, -0.1) is 0 Å². The molecule has 1 fully saturated rings. The van der Waals surface area contributed by atoms with Crippen molar-refractivity contribution in [3.63, 3.8) is 0 Å². The van der Waals surface area contributed by atoms with Gasteiger partial charge >= 0.3 is 0 Å². The van der Waals surface area contributed by atoms with Gasteiger partial charge in [0.1, 0.15) is 0 Å². The molecule has 0 aliphatic carbocycles. The van der Waals surface area contributed by atoms with Crippen molar-refractivity contribution in [3.05, 3.63) is 17.5 Å². The summed E-state index contributed by atoms with van der Waals surface area (Å²) in [7, 11) is 0. The van der Waals surface area contributed by atoms with Gasteiger partial charge in [-0.3, -0.25) is 0 Å². The summed E-state index contributed by atoms with van der Waals surface area (Å²) in [5, 5.41) is 0. The first-order valence-corrected chi connectivity index (χ1v) is 6.52. The van der Waals surface area contributed by atoms with Crippen molar-refractivity contribution < 1.29 is 0 Å². The zero-order valence-corrected chi connectivity index (χ0v) is 10.8. The first-order chi connectivity index (χ1) is 8.24. The van der Waals surface area contributed by atoms with Crippen molar-refractivity contribution in [1.29, 1.82) is 0 Å². The van der Waals surface area contributed by atoms with E-state index in [2.05, 4.69) is 28.7 Å². The zero-order valence-electron chi connectivity index (χ0n) is 10.8. The van der Waals surface area contributed by atoms with Crippen LogP contribution in [0.5, 0.6) is 0 Å². The summed E-state index contributed by atoms with van der Waals surface area (Å²) in [5.74, 6) is 1.48. The van der Waals surface area contributed by atoms with Gasteiger partial charge < -0.3 is 10.6 Å². The summed E-state index contributed by atoms with van der Waals surface area (Å²) in [4.78, 5) is 11.4. The Kier molecular flexibility index (Phi) is 3.94. The van der Waals surface area contributed by atoms with E-state index in [0.29, 0.717) is 5.92 Å². The molecule has 0 aromatic carbocycles. The van der Waals surface area contributed by atoms with Crippen LogP contribution in [0.1, 0.15) is 31.0 Å². The first kappa shape index (κ1) is 12.3. The van der Waals surface area contributed by atoms with Crippen LogP contribution in [0.3, 0.4) is 0 Å². The molecule has 1 aromatic heterocycles. The lowest BCUT2D eigenvalue weighted by Gasteiger charge is -2.32. The Morgan fingerprint density at radius 3 is 3.06 bits per heavy atom. The number of nitrogens with zero attached hydrogens (tertiary/aromatic N) is 3. The zero-order chi connectivity index (χ0) is 12.3. The number of aryl methyl sites for hydroxylation is 2. The molecule has 1 atom stereocenters. The molecule has 4 heteroatoms. The lowest BCUT2D eigenvalue weighted by atomic mass is 9.99. The number of nitrogens with two attached hydrogens (primary N) is 1. The van der Waals surface area contributed by atoms with Gasteiger partial charge in [0.2, 0.25) is 5.95 Å². The van der Waals surface area contributed by atoms with Gasteiger partial charge in [-0.05, 0) is 44.2 Å². The number of hydrogen-bond donors (Lipinski definition) is 1. The van der Waals surface area contributed by atoms with Gasteiger partial charge in [0, 0.05) is 25.0 Å². The maximum atomic E-state index is 5.76. The third-order valence-electron chi connectivity index (χ3n) is 3.53. The summed E-state index contributed by atoms with van der Waals surface area (Å²) in [5.41, 5.74) is 8.10. The summed E-state index contributed by atoms with van der Waals surface area (Å²) in [6, 6.07) is 0. The van der Waals surface area contributed by atoms with Crippen LogP contribution >= 0.6 is 0 Å². The van der Waals surface area contributed by atoms with Crippen molar-refractivity contribution in [2.75, 3.05) is 24.5 Å². The third kappa shape index (κ3) is 2.75. The summed E-state index contributed by atoms with van der Waals surface area (Å²) in [6.07, 6.45) is 5.34. The lowest BCUT2D eigenvalue weighted by Crippen LogP contribution is -2.39. The van der Waals surface area contributed by atoms with Crippen LogP contribution in [0.25, 0.3) is 0 Å². The van der Waals surface area contributed by atoms with Crippen LogP contribution in [-0.4, -0.2) is 29.6 Å². The molecule has 1 saturated heterocycles. The Hall–Kier alpha value is -1.16. The van der Waals surface area contributed by atoms with Crippen molar-refractivity contribution in [1.82, 2.24) is 9.97 Å². The molecule has 17 heavy (non-hydrogen) atoms. The predicted molar refractivity (Wildman–Crippen MR) is 70.1 cm³/mol. The van der Waals surface area contributed by atoms with Crippen LogP contribution in [0.15, 0.2) is 6.20 Å². The summed E-state index contributed by atoms with van der Waals surface area (Å²) >= 11 is 0. The molecule has 2 rings (SSSR count). The number of anilines is 1. The van der Waals surface area contributed by atoms with Gasteiger partial charge in [-0.2, -0.15) is 0 Å². The molecule has 1 aromatic rings. The molecule has 0 saturated carbocycles. The molecule has 1 aliphatic heterocycles. The van der Waals surface area contributed by atoms with Gasteiger partial charge in [0.15, 0.2) is 0 Å². The monoisotopic (exact) mass is 234 g/mol. The highest BCUT2D eigenvalue weighted by Crippen LogP contribution is 2.20. The molecule has 0 bridgehead atoms. The fourth-order valence-electron chi connectivity index (χ4n) is 2.42. The normalized spacial score (nSPS) is 20.6. The van der Waals surface area contributed by atoms with Crippen molar-refractivity contribution >= 4 is 5.95 Å². The Balaban J connectivity index is 2.16. The van der Waals surface area contributed by atoms with Crippen molar-refractivity contribution in [3.8, 4) is 0 Å². The van der Waals surface area contributed by atoms with Gasteiger partial charge in [-0.1, -0.05) is 6.92 Å². The van der Waals surface area contributed by atoms with E-state index in [4.69, 9.17) is 5.73 Å². The summed E-state index contributed by atoms with van der Waals surface area (Å²) < 4.78 is 0. The van der Waals surface area contributed by atoms with E-state index in [-0.39, 0.29) is 0 Å². The SMILES string of the molecule is CCc1nc(N2CCCC(CN)C2)ncc1C. The van der Waals surface area contributed by atoms with Gasteiger partial charge in [0.25, 0.3) is 0 Å². The first-order valence-electron chi connectivity index (χ1n) is 6.52. The summed E-state index contributed by atoms with van der Waals surface area (Å²) in [6.45, 7) is 7.04. The molecule has 4 nitrogen and oxygen atoms in total. The topological polar surface area (TPSA) is 55.0 Å². The number of aromatic nitrogens is 2. The number of hydrogen-bond acceptors (Lipinski definition) is 4. The average Bonchev–Trinajstić information content (AvgIpc) is 2.39. The fraction of sp³-hybridized carbons (Fsp3) is 0.692. The standard InChI is InChI=1S/C13H22N4/c1-3-12-10(2)8-15-13(16-12)17-6-4-5-11(7-14)9-17/h8,11H,3-7,9,14H2,1-2H3. The van der Waals surface area contributed by atoms with Crippen LogP contribution in [-0.2, 0) is 6.42 Å². The third-order valence-corrected chi connectivity index (χ3v) is 3.53. The highest BCUT2D eigenvalue weighted by molar-refractivity contribution is 5.33. The minimum absolute atomic E-state index is 0.596. The molecule has 94 valence electrons. The molecule has 1 aliphatic rings. The van der Waals surface area contributed by atoms with Gasteiger partial charge in [0.05, 0.1) is 0 Å². The van der Waals surface area contributed by atoms with E-state index in [1.165, 1.54) is 18.4 Å². The Labute approximate surface area is 103 Å². The maximum Gasteiger partial charge on any atom is 0.225 e. The lowest BCUT2D eigenvalue weighted by molar-refractivity contribution is 0.419. The van der Waals surface area contributed by atoms with E-state index >= 15 is 0 Å². The largest absolute Gasteiger partial charge is 0.340 e. The van der Waals surface area contributed by atoms with E-state index < -0.39 is 0 Å². The van der Waals surface area contributed by atoms with Crippen LogP contribution in [0, 0.1) is 12.8 Å². The van der Waals surface area contributed by atoms with Crippen molar-refractivity contribution in [2.45, 2.75) is 33.1 Å². The Morgan fingerprint density at radius 1 is 1.53 bits per heavy atom. The van der Waals surface area contributed by atoms with E-state index in [0.717, 1.165) is 37.7 Å². The smallest absolute Gasteiger partial charge is 0.225 e. The van der Waals surface area contributed by atoms with Crippen LogP contribution in [0.2, 0.25) is 0 Å². The molecule has 0 radical (unpaired) electrons. The maximum absolute atomic E-state index is 5.76. The fourth-order valence-corrected chi connectivity index (χ4v) is 2.42. The van der Waals surface area contributed by atoms with E-state index in [1.807, 2.05) is 6.20 Å². The molecular formula is C13H22N4. The Morgan fingerprint density at radius 2 is 2.35 bits per heavy atom. The molecular weight excluding hydrogens is 212 g/mol. The molecule has 0 spiro atoms. The highest BCUT2D eigenvalue weighted by Gasteiger charge is 2.20. The Bertz CT molecular complexity index is 378. The molecule has 2 N–H and O–H groups in total.